The average Bonchev–Trinajstić information content (AvgIpc) is 3.22. The van der Waals surface area contributed by atoms with E-state index < -0.39 is 0 Å². The summed E-state index contributed by atoms with van der Waals surface area (Å²) < 4.78 is 16.3. The Morgan fingerprint density at radius 3 is 2.74 bits per heavy atom. The van der Waals surface area contributed by atoms with E-state index in [-0.39, 0.29) is 16.6 Å². The number of aryl methyl sites for hydroxylation is 1. The van der Waals surface area contributed by atoms with Crippen LogP contribution in [0.2, 0.25) is 0 Å². The lowest BCUT2D eigenvalue weighted by Crippen LogP contribution is -2.40. The predicted octanol–water partition coefficient (Wildman–Crippen LogP) is 4.64. The second-order valence-corrected chi connectivity index (χ2v) is 8.56. The van der Waals surface area contributed by atoms with Crippen molar-refractivity contribution in [2.24, 2.45) is 5.41 Å². The molecule has 2 aromatic heterocycles. The van der Waals surface area contributed by atoms with Gasteiger partial charge in [-0.3, -0.25) is 4.68 Å². The van der Waals surface area contributed by atoms with Crippen molar-refractivity contribution in [3.63, 3.8) is 0 Å². The number of nitrogens with zero attached hydrogens (tertiary/aromatic N) is 4. The summed E-state index contributed by atoms with van der Waals surface area (Å²) in [5, 5.41) is 13.7. The third-order valence-electron chi connectivity index (χ3n) is 6.97. The molecular weight excluding hydrogens is 339 g/mol. The van der Waals surface area contributed by atoms with Gasteiger partial charge in [0.15, 0.2) is 0 Å². The summed E-state index contributed by atoms with van der Waals surface area (Å²) in [5.41, 5.74) is 4.48. The van der Waals surface area contributed by atoms with E-state index in [9.17, 15) is 4.39 Å². The van der Waals surface area contributed by atoms with Gasteiger partial charge in [0.25, 0.3) is 0 Å². The molecule has 5 rings (SSSR count). The van der Waals surface area contributed by atoms with Crippen LogP contribution >= 0.6 is 0 Å². The van der Waals surface area contributed by atoms with Gasteiger partial charge in [-0.15, -0.1) is 0 Å². The summed E-state index contributed by atoms with van der Waals surface area (Å²) in [5.74, 6) is 0.168. The van der Waals surface area contributed by atoms with Gasteiger partial charge in [0.2, 0.25) is 0 Å². The van der Waals surface area contributed by atoms with Gasteiger partial charge in [0.1, 0.15) is 5.82 Å². The van der Waals surface area contributed by atoms with Crippen molar-refractivity contribution >= 4 is 0 Å². The molecule has 0 N–H and O–H groups in total. The molecule has 2 bridgehead atoms. The summed E-state index contributed by atoms with van der Waals surface area (Å²) in [7, 11) is 0. The third-order valence-corrected chi connectivity index (χ3v) is 6.97. The van der Waals surface area contributed by atoms with Crippen molar-refractivity contribution in [2.45, 2.75) is 51.5 Å². The lowest BCUT2D eigenvalue weighted by Gasteiger charge is -2.37. The molecule has 1 aromatic carbocycles. The van der Waals surface area contributed by atoms with Crippen LogP contribution < -0.4 is 0 Å². The van der Waals surface area contributed by atoms with Crippen LogP contribution in [0.5, 0.6) is 0 Å². The molecule has 138 valence electrons. The van der Waals surface area contributed by atoms with Crippen LogP contribution in [-0.2, 0) is 12.0 Å². The van der Waals surface area contributed by atoms with Gasteiger partial charge >= 0.3 is 0 Å². The Balaban J connectivity index is 1.63. The SMILES string of the molecule is Cc1ccn(CC23CCC(c4cc(-c5ccccc5F)nnc42)C3(C)C)n1. The molecule has 2 heterocycles. The zero-order valence-corrected chi connectivity index (χ0v) is 15.9. The fourth-order valence-corrected chi connectivity index (χ4v) is 5.40. The molecule has 0 amide bonds. The first-order chi connectivity index (χ1) is 12.9. The monoisotopic (exact) mass is 362 g/mol. The van der Waals surface area contributed by atoms with Crippen LogP contribution in [-0.4, -0.2) is 20.0 Å². The first-order valence-corrected chi connectivity index (χ1v) is 9.55. The van der Waals surface area contributed by atoms with Gasteiger partial charge in [0.05, 0.1) is 23.6 Å². The van der Waals surface area contributed by atoms with E-state index in [0.29, 0.717) is 17.2 Å². The van der Waals surface area contributed by atoms with Crippen LogP contribution in [0.15, 0.2) is 42.6 Å². The third kappa shape index (κ3) is 2.17. The molecule has 1 saturated carbocycles. The second-order valence-electron chi connectivity index (χ2n) is 8.56. The van der Waals surface area contributed by atoms with Gasteiger partial charge in [0, 0.05) is 17.2 Å². The standard InChI is InChI=1S/C22H23FN4/c1-14-9-11-27(26-14)13-22-10-8-17(21(22,2)3)16-12-19(24-25-20(16)22)15-6-4-5-7-18(15)23/h4-7,9,11-12,17H,8,10,13H2,1-3H3. The quantitative estimate of drug-likeness (QED) is 0.681. The molecular formula is C22H23FN4. The molecule has 2 aliphatic rings. The van der Waals surface area contributed by atoms with E-state index in [0.717, 1.165) is 30.8 Å². The number of hydrogen-bond donors (Lipinski definition) is 0. The first kappa shape index (κ1) is 16.6. The Morgan fingerprint density at radius 2 is 2.00 bits per heavy atom. The Hall–Kier alpha value is -2.56. The highest BCUT2D eigenvalue weighted by Gasteiger charge is 2.63. The molecule has 3 aromatic rings. The number of fused-ring (bicyclic) bond motifs is 5. The zero-order chi connectivity index (χ0) is 18.8. The van der Waals surface area contributed by atoms with Crippen molar-refractivity contribution in [3.05, 3.63) is 65.4 Å². The fourth-order valence-electron chi connectivity index (χ4n) is 5.40. The second kappa shape index (κ2) is 5.47. The van der Waals surface area contributed by atoms with E-state index in [1.807, 2.05) is 29.9 Å². The van der Waals surface area contributed by atoms with E-state index in [1.165, 1.54) is 11.6 Å². The largest absolute Gasteiger partial charge is 0.272 e. The van der Waals surface area contributed by atoms with Gasteiger partial charge in [-0.25, -0.2) is 4.39 Å². The van der Waals surface area contributed by atoms with Crippen molar-refractivity contribution in [3.8, 4) is 11.3 Å². The Morgan fingerprint density at radius 1 is 1.19 bits per heavy atom. The predicted molar refractivity (Wildman–Crippen MR) is 102 cm³/mol. The van der Waals surface area contributed by atoms with Gasteiger partial charge < -0.3 is 0 Å². The van der Waals surface area contributed by atoms with E-state index in [1.54, 1.807) is 12.1 Å². The van der Waals surface area contributed by atoms with E-state index in [4.69, 9.17) is 0 Å². The number of halogens is 1. The maximum atomic E-state index is 14.3. The molecule has 2 unspecified atom stereocenters. The van der Waals surface area contributed by atoms with Crippen molar-refractivity contribution in [1.29, 1.82) is 0 Å². The highest BCUT2D eigenvalue weighted by Crippen LogP contribution is 2.67. The van der Waals surface area contributed by atoms with Crippen LogP contribution in [0.4, 0.5) is 4.39 Å². The van der Waals surface area contributed by atoms with Crippen LogP contribution in [0.3, 0.4) is 0 Å². The number of benzene rings is 1. The topological polar surface area (TPSA) is 43.6 Å². The van der Waals surface area contributed by atoms with Crippen molar-refractivity contribution in [2.75, 3.05) is 0 Å². The molecule has 0 spiro atoms. The minimum atomic E-state index is -0.254. The molecule has 2 atom stereocenters. The molecule has 0 aliphatic heterocycles. The highest BCUT2D eigenvalue weighted by molar-refractivity contribution is 5.62. The number of rotatable bonds is 3. The minimum absolute atomic E-state index is 0.0672. The Bertz CT molecular complexity index is 1040. The van der Waals surface area contributed by atoms with E-state index in [2.05, 4.69) is 35.2 Å². The zero-order valence-electron chi connectivity index (χ0n) is 15.9. The molecule has 5 heteroatoms. The molecule has 0 saturated heterocycles. The summed E-state index contributed by atoms with van der Waals surface area (Å²) in [6.45, 7) is 7.50. The molecule has 1 fully saturated rings. The van der Waals surface area contributed by atoms with Crippen molar-refractivity contribution < 1.29 is 4.39 Å². The van der Waals surface area contributed by atoms with Crippen LogP contribution in [0.1, 0.15) is 49.6 Å². The first-order valence-electron chi connectivity index (χ1n) is 9.55. The number of hydrogen-bond acceptors (Lipinski definition) is 3. The average molecular weight is 362 g/mol. The maximum absolute atomic E-state index is 14.3. The molecule has 0 radical (unpaired) electrons. The summed E-state index contributed by atoms with van der Waals surface area (Å²) in [4.78, 5) is 0. The maximum Gasteiger partial charge on any atom is 0.132 e. The summed E-state index contributed by atoms with van der Waals surface area (Å²) in [6, 6.07) is 10.9. The molecule has 4 nitrogen and oxygen atoms in total. The highest BCUT2D eigenvalue weighted by atomic mass is 19.1. The Labute approximate surface area is 158 Å². The molecule has 2 aliphatic carbocycles. The van der Waals surface area contributed by atoms with Gasteiger partial charge in [-0.05, 0) is 60.9 Å². The normalized spacial score (nSPS) is 25.0. The van der Waals surface area contributed by atoms with Gasteiger partial charge in [-0.2, -0.15) is 15.3 Å². The smallest absolute Gasteiger partial charge is 0.132 e. The lowest BCUT2D eigenvalue weighted by atomic mass is 9.68. The Kier molecular flexibility index (Phi) is 3.37. The number of aromatic nitrogens is 4. The lowest BCUT2D eigenvalue weighted by molar-refractivity contribution is 0.173. The molecule has 27 heavy (non-hydrogen) atoms. The van der Waals surface area contributed by atoms with Gasteiger partial charge in [-0.1, -0.05) is 26.0 Å². The van der Waals surface area contributed by atoms with Crippen LogP contribution in [0.25, 0.3) is 11.3 Å². The van der Waals surface area contributed by atoms with Crippen molar-refractivity contribution in [1.82, 2.24) is 20.0 Å². The fraction of sp³-hybridized carbons (Fsp3) is 0.409. The summed E-state index contributed by atoms with van der Waals surface area (Å²) >= 11 is 0. The van der Waals surface area contributed by atoms with E-state index >= 15 is 0 Å². The minimum Gasteiger partial charge on any atom is -0.272 e. The summed E-state index contributed by atoms with van der Waals surface area (Å²) in [6.07, 6.45) is 4.26. The van der Waals surface area contributed by atoms with Crippen LogP contribution in [0, 0.1) is 18.2 Å².